The number of hydrogen-bond donors (Lipinski definition) is 5. The van der Waals surface area contributed by atoms with Crippen LogP contribution in [0.5, 0.6) is 5.75 Å². The number of aromatic hydroxyl groups is 1. The molecule has 2 atom stereocenters. The fourth-order valence-electron chi connectivity index (χ4n) is 3.59. The van der Waals surface area contributed by atoms with E-state index in [9.17, 15) is 15.0 Å². The molecule has 3 rings (SSSR count). The molecule has 0 aliphatic rings. The van der Waals surface area contributed by atoms with Gasteiger partial charge in [-0.2, -0.15) is 0 Å². The molecule has 0 saturated heterocycles. The lowest BCUT2D eigenvalue weighted by Gasteiger charge is -2.18. The normalized spacial score (nSPS) is 12.8. The minimum atomic E-state index is -0.655. The highest BCUT2D eigenvalue weighted by molar-refractivity contribution is 5.78. The Morgan fingerprint density at radius 2 is 1.82 bits per heavy atom. The van der Waals surface area contributed by atoms with E-state index in [-0.39, 0.29) is 17.7 Å². The molecule has 7 heteroatoms. The maximum atomic E-state index is 12.3. The topological polar surface area (TPSA) is 120 Å². The van der Waals surface area contributed by atoms with E-state index in [4.69, 9.17) is 5.73 Å². The Balaban J connectivity index is 1.42. The highest BCUT2D eigenvalue weighted by Gasteiger charge is 2.11. The molecule has 33 heavy (non-hydrogen) atoms. The molecule has 0 unspecified atom stereocenters. The van der Waals surface area contributed by atoms with Gasteiger partial charge in [-0.3, -0.25) is 4.79 Å². The van der Waals surface area contributed by atoms with Crippen molar-refractivity contribution in [1.29, 1.82) is 0 Å². The van der Waals surface area contributed by atoms with Crippen molar-refractivity contribution in [3.8, 4) is 5.75 Å². The van der Waals surface area contributed by atoms with Gasteiger partial charge >= 0.3 is 0 Å². The number of anilines is 1. The molecule has 0 bridgehead atoms. The largest absolute Gasteiger partial charge is 0.508 e. The Bertz CT molecular complexity index is 1020. The van der Waals surface area contributed by atoms with Crippen LogP contribution in [0.3, 0.4) is 0 Å². The van der Waals surface area contributed by atoms with Crippen LogP contribution in [-0.4, -0.2) is 40.2 Å². The van der Waals surface area contributed by atoms with E-state index >= 15 is 0 Å². The lowest BCUT2D eigenvalue weighted by molar-refractivity contribution is -0.120. The molecule has 1 heterocycles. The number of benzene rings is 2. The maximum Gasteiger partial charge on any atom is 0.224 e. The Hall–Kier alpha value is -3.42. The average molecular weight is 449 g/mol. The molecule has 3 aromatic rings. The number of nitrogen functional groups attached to an aromatic ring is 1. The molecule has 0 saturated carbocycles. The van der Waals surface area contributed by atoms with E-state index in [2.05, 4.69) is 28.6 Å². The minimum absolute atomic E-state index is 0.0164. The van der Waals surface area contributed by atoms with Crippen molar-refractivity contribution in [2.75, 3.05) is 18.8 Å². The highest BCUT2D eigenvalue weighted by Crippen LogP contribution is 2.13. The molecule has 0 aliphatic carbocycles. The van der Waals surface area contributed by atoms with Crippen molar-refractivity contribution >= 4 is 11.7 Å². The number of aliphatic hydroxyl groups is 1. The number of aliphatic hydroxyl groups excluding tert-OH is 1. The second-order valence-electron chi connectivity index (χ2n) is 8.31. The molecular formula is C26H32N4O3. The predicted octanol–water partition coefficient (Wildman–Crippen LogP) is 2.53. The molecule has 0 radical (unpaired) electrons. The fraction of sp³-hybridized carbons (Fsp3) is 0.308. The second kappa shape index (κ2) is 12.0. The summed E-state index contributed by atoms with van der Waals surface area (Å²) in [6.45, 7) is 3.03. The van der Waals surface area contributed by atoms with Gasteiger partial charge in [-0.05, 0) is 54.7 Å². The van der Waals surface area contributed by atoms with Gasteiger partial charge in [0.05, 0.1) is 12.5 Å². The van der Waals surface area contributed by atoms with Crippen molar-refractivity contribution in [2.24, 2.45) is 0 Å². The summed E-state index contributed by atoms with van der Waals surface area (Å²) in [4.78, 5) is 16.3. The van der Waals surface area contributed by atoms with Crippen molar-refractivity contribution in [2.45, 2.75) is 38.3 Å². The van der Waals surface area contributed by atoms with E-state index < -0.39 is 6.10 Å². The van der Waals surface area contributed by atoms with Crippen LogP contribution in [0.25, 0.3) is 0 Å². The quantitative estimate of drug-likeness (QED) is 0.307. The monoisotopic (exact) mass is 448 g/mol. The first kappa shape index (κ1) is 24.2. The predicted molar refractivity (Wildman–Crippen MR) is 130 cm³/mol. The third-order valence-electron chi connectivity index (χ3n) is 5.42. The number of hydrogen-bond acceptors (Lipinski definition) is 6. The van der Waals surface area contributed by atoms with Crippen LogP contribution < -0.4 is 16.4 Å². The van der Waals surface area contributed by atoms with Gasteiger partial charge in [0.15, 0.2) is 0 Å². The smallest absolute Gasteiger partial charge is 0.224 e. The summed E-state index contributed by atoms with van der Waals surface area (Å²) < 4.78 is 0. The molecule has 1 aromatic heterocycles. The van der Waals surface area contributed by atoms with Crippen LogP contribution in [0.2, 0.25) is 0 Å². The Kier molecular flexibility index (Phi) is 8.80. The van der Waals surface area contributed by atoms with Gasteiger partial charge in [-0.25, -0.2) is 4.98 Å². The van der Waals surface area contributed by atoms with Gasteiger partial charge in [0.1, 0.15) is 11.6 Å². The molecule has 174 valence electrons. The Morgan fingerprint density at radius 3 is 2.55 bits per heavy atom. The number of amides is 1. The van der Waals surface area contributed by atoms with Gasteiger partial charge in [0.2, 0.25) is 5.91 Å². The van der Waals surface area contributed by atoms with E-state index in [1.165, 1.54) is 0 Å². The first-order chi connectivity index (χ1) is 15.9. The Morgan fingerprint density at radius 1 is 1.06 bits per heavy atom. The molecule has 0 aliphatic heterocycles. The average Bonchev–Trinajstić information content (AvgIpc) is 2.79. The summed E-state index contributed by atoms with van der Waals surface area (Å²) in [5.41, 5.74) is 9.48. The molecule has 2 aromatic carbocycles. The number of nitrogens with zero attached hydrogens (tertiary/aromatic N) is 1. The fourth-order valence-corrected chi connectivity index (χ4v) is 3.59. The van der Waals surface area contributed by atoms with Gasteiger partial charge in [-0.15, -0.1) is 0 Å². The van der Waals surface area contributed by atoms with Crippen LogP contribution in [0.4, 0.5) is 5.82 Å². The van der Waals surface area contributed by atoms with Crippen molar-refractivity contribution in [3.63, 3.8) is 0 Å². The van der Waals surface area contributed by atoms with Crippen LogP contribution in [0.1, 0.15) is 35.3 Å². The number of rotatable bonds is 11. The molecule has 7 nitrogen and oxygen atoms in total. The number of pyridine rings is 1. The first-order valence-corrected chi connectivity index (χ1v) is 11.1. The van der Waals surface area contributed by atoms with Gasteiger partial charge in [0.25, 0.3) is 0 Å². The minimum Gasteiger partial charge on any atom is -0.508 e. The second-order valence-corrected chi connectivity index (χ2v) is 8.31. The lowest BCUT2D eigenvalue weighted by Crippen LogP contribution is -2.32. The summed E-state index contributed by atoms with van der Waals surface area (Å²) in [6.07, 6.45) is 2.76. The van der Waals surface area contributed by atoms with Gasteiger partial charge < -0.3 is 26.6 Å². The summed E-state index contributed by atoms with van der Waals surface area (Å²) in [7, 11) is 0. The van der Waals surface area contributed by atoms with E-state index in [0.717, 1.165) is 28.7 Å². The lowest BCUT2D eigenvalue weighted by atomic mass is 10.0. The van der Waals surface area contributed by atoms with E-state index in [1.54, 1.807) is 30.5 Å². The SMILES string of the molecule is C[C@H](Cc1cccc(CC(=O)NCCc2ccc(O)cc2)c1)NC[C@@H](O)c1ccc(N)nc1. The zero-order chi connectivity index (χ0) is 23.6. The van der Waals surface area contributed by atoms with Crippen molar-refractivity contribution in [3.05, 3.63) is 89.1 Å². The van der Waals surface area contributed by atoms with E-state index in [1.807, 2.05) is 30.3 Å². The summed E-state index contributed by atoms with van der Waals surface area (Å²) >= 11 is 0. The third-order valence-corrected chi connectivity index (χ3v) is 5.42. The molecule has 0 spiro atoms. The number of phenols is 1. The Labute approximate surface area is 194 Å². The van der Waals surface area contributed by atoms with Gasteiger partial charge in [0, 0.05) is 30.9 Å². The zero-order valence-corrected chi connectivity index (χ0v) is 18.9. The van der Waals surface area contributed by atoms with Crippen LogP contribution in [0.15, 0.2) is 66.9 Å². The summed E-state index contributed by atoms with van der Waals surface area (Å²) in [5.74, 6) is 0.651. The van der Waals surface area contributed by atoms with Crippen molar-refractivity contribution < 1.29 is 15.0 Å². The number of nitrogens with two attached hydrogens (primary N) is 1. The molecule has 0 fully saturated rings. The summed E-state index contributed by atoms with van der Waals surface area (Å²) in [5, 5.41) is 26.0. The third kappa shape index (κ3) is 8.21. The maximum absolute atomic E-state index is 12.3. The molecular weight excluding hydrogens is 416 g/mol. The van der Waals surface area contributed by atoms with Crippen LogP contribution >= 0.6 is 0 Å². The highest BCUT2D eigenvalue weighted by atomic mass is 16.3. The standard InChI is InChI=1S/C26H32N4O3/c1-18(29-17-24(32)22-7-10-25(27)30-16-22)13-20-3-2-4-21(14-20)15-26(33)28-12-11-19-5-8-23(31)9-6-19/h2-10,14,16,18,24,29,31-32H,11-13,15,17H2,1H3,(H2,27,30)(H,28,33)/t18-,24-/m1/s1. The van der Waals surface area contributed by atoms with Crippen LogP contribution in [-0.2, 0) is 24.1 Å². The molecule has 6 N–H and O–H groups in total. The number of carbonyl (C=O) groups excluding carboxylic acids is 1. The number of nitrogens with one attached hydrogen (secondary N) is 2. The zero-order valence-electron chi connectivity index (χ0n) is 18.9. The number of phenolic OH excluding ortho intramolecular Hbond substituents is 1. The molecule has 1 amide bonds. The van der Waals surface area contributed by atoms with Crippen molar-refractivity contribution in [1.82, 2.24) is 15.6 Å². The number of aromatic nitrogens is 1. The van der Waals surface area contributed by atoms with Gasteiger partial charge in [-0.1, -0.05) is 42.5 Å². The first-order valence-electron chi connectivity index (χ1n) is 11.1. The van der Waals surface area contributed by atoms with Crippen LogP contribution in [0, 0.1) is 0 Å². The summed E-state index contributed by atoms with van der Waals surface area (Å²) in [6, 6.07) is 18.6. The number of carbonyl (C=O) groups is 1. The van der Waals surface area contributed by atoms with E-state index in [0.29, 0.717) is 31.7 Å².